The molecule has 2 N–H and O–H groups in total. The predicted octanol–water partition coefficient (Wildman–Crippen LogP) is 2.47. The number of carbonyl (C=O) groups is 2. The summed E-state index contributed by atoms with van der Waals surface area (Å²) in [5.74, 6) is -0.0831. The highest BCUT2D eigenvalue weighted by molar-refractivity contribution is 5.79. The molecule has 2 aliphatic heterocycles. The molecule has 1 amide bonds. The summed E-state index contributed by atoms with van der Waals surface area (Å²) in [6.45, 7) is 4.88. The van der Waals surface area contributed by atoms with E-state index >= 15 is 0 Å². The fraction of sp³-hybridized carbons (Fsp3) is 0.645. The zero-order valence-electron chi connectivity index (χ0n) is 25.8. The number of carboxylic acid groups (broad SMARTS) is 1. The maximum absolute atomic E-state index is 13.8. The summed E-state index contributed by atoms with van der Waals surface area (Å²) in [6, 6.07) is 3.30. The van der Waals surface area contributed by atoms with Gasteiger partial charge in [-0.3, -0.25) is 14.5 Å². The van der Waals surface area contributed by atoms with E-state index in [1.807, 2.05) is 34.8 Å². The molecule has 11 nitrogen and oxygen atoms in total. The van der Waals surface area contributed by atoms with Gasteiger partial charge in [0, 0.05) is 69.4 Å². The number of carboxylic acids is 1. The molecule has 3 atom stereocenters. The Kier molecular flexibility index (Phi) is 10.5. The van der Waals surface area contributed by atoms with Crippen molar-refractivity contribution < 1.29 is 33.8 Å². The van der Waals surface area contributed by atoms with E-state index in [1.165, 1.54) is 0 Å². The number of aliphatic hydroxyl groups excluding tert-OH is 1. The first-order chi connectivity index (χ1) is 20.0. The Balaban J connectivity index is 1.61. The number of aliphatic hydroxyl groups is 1. The van der Waals surface area contributed by atoms with Crippen molar-refractivity contribution in [2.75, 3.05) is 60.7 Å². The molecule has 0 unspecified atom stereocenters. The number of hydrogen-bond acceptors (Lipinski definition) is 7. The topological polar surface area (TPSA) is 117 Å². The summed E-state index contributed by atoms with van der Waals surface area (Å²) < 4.78 is 14.0. The zero-order valence-corrected chi connectivity index (χ0v) is 25.8. The number of benzene rings is 1. The molecular weight excluding hydrogens is 538 g/mol. The number of rotatable bonds is 15. The van der Waals surface area contributed by atoms with Crippen LogP contribution in [0.15, 0.2) is 24.5 Å². The summed E-state index contributed by atoms with van der Waals surface area (Å²) in [6.07, 6.45) is 7.61. The molecule has 0 bridgehead atoms. The average molecular weight is 587 g/mol. The van der Waals surface area contributed by atoms with E-state index in [4.69, 9.17) is 9.47 Å². The molecular formula is C31H48N5O6+. The molecule has 1 saturated heterocycles. The minimum absolute atomic E-state index is 0.0402. The van der Waals surface area contributed by atoms with Crippen LogP contribution in [0.3, 0.4) is 0 Å². The number of aromatic nitrogens is 2. The number of likely N-dealkylation sites (tertiary alicyclic amines) is 1. The number of imidazole rings is 1. The van der Waals surface area contributed by atoms with Crippen LogP contribution in [0.2, 0.25) is 0 Å². The number of carbonyl (C=O) groups excluding carboxylic acids is 1. The smallest absolute Gasteiger partial charge is 0.308 e. The first-order valence-corrected chi connectivity index (χ1v) is 15.1. The lowest BCUT2D eigenvalue weighted by atomic mass is 9.83. The molecule has 3 heterocycles. The van der Waals surface area contributed by atoms with Crippen molar-refractivity contribution in [1.82, 2.24) is 19.4 Å². The van der Waals surface area contributed by atoms with E-state index in [1.54, 1.807) is 6.20 Å². The standard InChI is InChI=1S/C31H47N5O6/c1-6-7-12-34(13-8-15-36(3,4)5)28(38)19-35-18-24(22-16-23(20-37)30-26(17-22)41-21-42-30)29(31(39)40)25(35)9-10-27-32-11-14-33(27)2/h11,14,16-17,24-25,29,37H,6-10,12-13,15,18-21H2,1-5H3/p+1/t24-,25+,29-/m1/s1. The van der Waals surface area contributed by atoms with E-state index in [-0.39, 0.29) is 37.8 Å². The van der Waals surface area contributed by atoms with Crippen LogP contribution in [-0.4, -0.2) is 113 Å². The van der Waals surface area contributed by atoms with Gasteiger partial charge >= 0.3 is 5.97 Å². The molecule has 1 aromatic heterocycles. The molecule has 1 aromatic carbocycles. The minimum Gasteiger partial charge on any atom is -0.481 e. The normalized spacial score (nSPS) is 20.3. The summed E-state index contributed by atoms with van der Waals surface area (Å²) in [5.41, 5.74) is 1.35. The SMILES string of the molecule is CCCCN(CCC[N+](C)(C)C)C(=O)CN1C[C@H](c2cc(CO)c3c(c2)OCO3)[C@@H](C(=O)O)[C@@H]1CCc1nccn1C. The second-order valence-electron chi connectivity index (χ2n) is 12.6. The van der Waals surface area contributed by atoms with Crippen LogP contribution in [0.25, 0.3) is 0 Å². The Morgan fingerprint density at radius 3 is 2.57 bits per heavy atom. The maximum Gasteiger partial charge on any atom is 0.308 e. The lowest BCUT2D eigenvalue weighted by Crippen LogP contribution is -2.45. The molecule has 2 aromatic rings. The Labute approximate surface area is 249 Å². The molecule has 0 spiro atoms. The number of fused-ring (bicyclic) bond motifs is 1. The largest absolute Gasteiger partial charge is 0.481 e. The monoisotopic (exact) mass is 586 g/mol. The molecule has 232 valence electrons. The minimum atomic E-state index is -0.895. The summed E-state index contributed by atoms with van der Waals surface area (Å²) in [7, 11) is 8.39. The van der Waals surface area contributed by atoms with Crippen LogP contribution in [-0.2, 0) is 29.7 Å². The molecule has 0 aliphatic carbocycles. The van der Waals surface area contributed by atoms with Crippen LogP contribution >= 0.6 is 0 Å². The van der Waals surface area contributed by atoms with Crippen molar-refractivity contribution in [3.8, 4) is 11.5 Å². The quantitative estimate of drug-likeness (QED) is 0.306. The van der Waals surface area contributed by atoms with Crippen LogP contribution in [0, 0.1) is 5.92 Å². The van der Waals surface area contributed by atoms with Gasteiger partial charge in [-0.25, -0.2) is 4.98 Å². The second-order valence-corrected chi connectivity index (χ2v) is 12.6. The van der Waals surface area contributed by atoms with Gasteiger partial charge in [0.15, 0.2) is 11.5 Å². The van der Waals surface area contributed by atoms with E-state index in [0.717, 1.165) is 41.7 Å². The van der Waals surface area contributed by atoms with Gasteiger partial charge < -0.3 is 33.6 Å². The number of nitrogens with zero attached hydrogens (tertiary/aromatic N) is 5. The van der Waals surface area contributed by atoms with E-state index < -0.39 is 11.9 Å². The average Bonchev–Trinajstić information content (AvgIpc) is 3.66. The Morgan fingerprint density at radius 1 is 1.17 bits per heavy atom. The Bertz CT molecular complexity index is 1220. The molecule has 42 heavy (non-hydrogen) atoms. The number of amides is 1. The maximum atomic E-state index is 13.8. The number of aliphatic carboxylic acids is 1. The summed E-state index contributed by atoms with van der Waals surface area (Å²) in [5, 5.41) is 20.6. The van der Waals surface area contributed by atoms with Crippen LogP contribution in [0.4, 0.5) is 0 Å². The highest BCUT2D eigenvalue weighted by Gasteiger charge is 2.47. The Hall–Kier alpha value is -3.15. The second kappa shape index (κ2) is 13.9. The highest BCUT2D eigenvalue weighted by Crippen LogP contribution is 2.44. The van der Waals surface area contributed by atoms with Gasteiger partial charge in [-0.15, -0.1) is 0 Å². The van der Waals surface area contributed by atoms with Gasteiger partial charge in [0.1, 0.15) is 5.82 Å². The third-order valence-corrected chi connectivity index (χ3v) is 8.52. The zero-order chi connectivity index (χ0) is 30.4. The summed E-state index contributed by atoms with van der Waals surface area (Å²) >= 11 is 0. The van der Waals surface area contributed by atoms with Gasteiger partial charge in [0.2, 0.25) is 12.7 Å². The third-order valence-electron chi connectivity index (χ3n) is 8.52. The van der Waals surface area contributed by atoms with Crippen LogP contribution in [0.5, 0.6) is 11.5 Å². The number of aryl methyl sites for hydroxylation is 2. The van der Waals surface area contributed by atoms with Gasteiger partial charge in [0.25, 0.3) is 0 Å². The van der Waals surface area contributed by atoms with Gasteiger partial charge in [-0.05, 0) is 30.5 Å². The first-order valence-electron chi connectivity index (χ1n) is 15.1. The predicted molar refractivity (Wildman–Crippen MR) is 158 cm³/mol. The molecule has 0 radical (unpaired) electrons. The van der Waals surface area contributed by atoms with E-state index in [0.29, 0.717) is 49.5 Å². The molecule has 0 saturated carbocycles. The highest BCUT2D eigenvalue weighted by atomic mass is 16.7. The van der Waals surface area contributed by atoms with Gasteiger partial charge in [0.05, 0.1) is 46.8 Å². The number of hydrogen-bond donors (Lipinski definition) is 2. The van der Waals surface area contributed by atoms with E-state index in [2.05, 4.69) is 38.0 Å². The molecule has 4 rings (SSSR count). The van der Waals surface area contributed by atoms with Crippen LogP contribution in [0.1, 0.15) is 55.5 Å². The van der Waals surface area contributed by atoms with Crippen molar-refractivity contribution in [3.63, 3.8) is 0 Å². The Morgan fingerprint density at radius 2 is 1.93 bits per heavy atom. The van der Waals surface area contributed by atoms with Crippen molar-refractivity contribution in [1.29, 1.82) is 0 Å². The lowest BCUT2D eigenvalue weighted by Gasteiger charge is -2.30. The number of quaternary nitrogens is 1. The number of unbranched alkanes of at least 4 members (excludes halogenated alkanes) is 1. The van der Waals surface area contributed by atoms with Gasteiger partial charge in [-0.1, -0.05) is 13.3 Å². The van der Waals surface area contributed by atoms with Crippen molar-refractivity contribution in [2.45, 2.75) is 57.6 Å². The molecule has 11 heteroatoms. The third kappa shape index (κ3) is 7.62. The fourth-order valence-electron chi connectivity index (χ4n) is 6.26. The summed E-state index contributed by atoms with van der Waals surface area (Å²) in [4.78, 5) is 35.2. The molecule has 1 fully saturated rings. The number of ether oxygens (including phenoxy) is 2. The first kappa shape index (κ1) is 31.8. The fourth-order valence-corrected chi connectivity index (χ4v) is 6.26. The van der Waals surface area contributed by atoms with Crippen molar-refractivity contribution in [2.24, 2.45) is 13.0 Å². The van der Waals surface area contributed by atoms with E-state index in [9.17, 15) is 19.8 Å². The molecule has 2 aliphatic rings. The van der Waals surface area contributed by atoms with Crippen LogP contribution < -0.4 is 9.47 Å². The van der Waals surface area contributed by atoms with Crippen molar-refractivity contribution >= 4 is 11.9 Å². The van der Waals surface area contributed by atoms with Gasteiger partial charge in [-0.2, -0.15) is 0 Å². The van der Waals surface area contributed by atoms with Crippen molar-refractivity contribution in [3.05, 3.63) is 41.5 Å². The lowest BCUT2D eigenvalue weighted by molar-refractivity contribution is -0.870.